The average molecular weight is 430 g/mol. The third-order valence-electron chi connectivity index (χ3n) is 5.31. The number of likely N-dealkylation sites (tertiary alicyclic amines) is 1. The zero-order valence-electron chi connectivity index (χ0n) is 17.3. The summed E-state index contributed by atoms with van der Waals surface area (Å²) in [6.45, 7) is 3.30. The van der Waals surface area contributed by atoms with Crippen molar-refractivity contribution in [2.24, 2.45) is 0 Å². The summed E-state index contributed by atoms with van der Waals surface area (Å²) in [6, 6.07) is 19.3. The van der Waals surface area contributed by atoms with Crippen LogP contribution in [0.5, 0.6) is 0 Å². The van der Waals surface area contributed by atoms with Crippen molar-refractivity contribution in [1.29, 1.82) is 0 Å². The van der Waals surface area contributed by atoms with Crippen LogP contribution in [0.15, 0.2) is 66.9 Å². The first-order valence-electron chi connectivity index (χ1n) is 10.5. The monoisotopic (exact) mass is 429 g/mol. The zero-order valence-corrected chi connectivity index (χ0v) is 18.0. The number of halogens is 1. The van der Waals surface area contributed by atoms with E-state index < -0.39 is 0 Å². The summed E-state index contributed by atoms with van der Waals surface area (Å²) in [5, 5.41) is 3.52. The highest BCUT2D eigenvalue weighted by Crippen LogP contribution is 2.20. The molecule has 0 unspecified atom stereocenters. The number of rotatable bonds is 4. The lowest BCUT2D eigenvalue weighted by Gasteiger charge is -2.26. The van der Waals surface area contributed by atoms with Crippen molar-refractivity contribution in [3.63, 3.8) is 0 Å². The molecule has 0 saturated carbocycles. The number of hydrogen-bond donors (Lipinski definition) is 1. The maximum atomic E-state index is 12.2. The van der Waals surface area contributed by atoms with Gasteiger partial charge in [0, 0.05) is 34.9 Å². The van der Waals surface area contributed by atoms with Crippen LogP contribution in [0.4, 0.5) is 5.69 Å². The average Bonchev–Trinajstić information content (AvgIpc) is 2.81. The summed E-state index contributed by atoms with van der Waals surface area (Å²) >= 11 is 5.93. The topological polar surface area (TPSA) is 45.2 Å². The Labute approximate surface area is 188 Å². The van der Waals surface area contributed by atoms with E-state index in [9.17, 15) is 4.79 Å². The molecule has 0 aliphatic carbocycles. The van der Waals surface area contributed by atoms with Gasteiger partial charge in [-0.1, -0.05) is 48.4 Å². The molecule has 4 rings (SSSR count). The Morgan fingerprint density at radius 1 is 0.935 bits per heavy atom. The van der Waals surface area contributed by atoms with Gasteiger partial charge in [0.05, 0.1) is 0 Å². The van der Waals surface area contributed by atoms with Crippen molar-refractivity contribution < 1.29 is 4.79 Å². The largest absolute Gasteiger partial charge is 0.315 e. The lowest BCUT2D eigenvalue weighted by Crippen LogP contribution is -2.29. The van der Waals surface area contributed by atoms with E-state index in [2.05, 4.69) is 39.2 Å². The Morgan fingerprint density at radius 2 is 1.65 bits per heavy atom. The summed E-state index contributed by atoms with van der Waals surface area (Å²) in [6.07, 6.45) is 5.65. The molecular formula is C26H24ClN3O. The fourth-order valence-corrected chi connectivity index (χ4v) is 3.76. The van der Waals surface area contributed by atoms with Crippen molar-refractivity contribution in [3.05, 3.63) is 83.1 Å². The summed E-state index contributed by atoms with van der Waals surface area (Å²) in [4.78, 5) is 19.0. The molecule has 31 heavy (non-hydrogen) atoms. The highest BCUT2D eigenvalue weighted by atomic mass is 35.5. The number of benzene rings is 2. The molecule has 1 amide bonds. The lowest BCUT2D eigenvalue weighted by molar-refractivity contribution is -0.111. The molecule has 1 aliphatic heterocycles. The highest BCUT2D eigenvalue weighted by molar-refractivity contribution is 6.30. The lowest BCUT2D eigenvalue weighted by atomic mass is 10.1. The highest BCUT2D eigenvalue weighted by Gasteiger charge is 2.10. The summed E-state index contributed by atoms with van der Waals surface area (Å²) in [5.41, 5.74) is 4.54. The second kappa shape index (κ2) is 10.3. The van der Waals surface area contributed by atoms with Crippen LogP contribution in [-0.2, 0) is 11.3 Å². The summed E-state index contributed by atoms with van der Waals surface area (Å²) in [7, 11) is 0. The van der Waals surface area contributed by atoms with Gasteiger partial charge in [-0.2, -0.15) is 0 Å². The minimum absolute atomic E-state index is 0.354. The van der Waals surface area contributed by atoms with Gasteiger partial charge in [-0.15, -0.1) is 0 Å². The van der Waals surface area contributed by atoms with E-state index in [1.807, 2.05) is 42.5 Å². The number of carbonyl (C=O) groups is 1. The van der Waals surface area contributed by atoms with Crippen LogP contribution in [0.2, 0.25) is 5.02 Å². The van der Waals surface area contributed by atoms with Crippen LogP contribution in [0.1, 0.15) is 30.5 Å². The number of amides is 1. The number of aromatic nitrogens is 1. The number of carbonyl (C=O) groups excluding carboxylic acids is 1. The zero-order chi connectivity index (χ0) is 21.5. The minimum atomic E-state index is -0.354. The molecular weight excluding hydrogens is 406 g/mol. The Balaban J connectivity index is 1.32. The van der Waals surface area contributed by atoms with Crippen molar-refractivity contribution in [2.75, 3.05) is 18.4 Å². The molecule has 5 heteroatoms. The van der Waals surface area contributed by atoms with E-state index in [1.165, 1.54) is 37.9 Å². The number of hydrogen-bond acceptors (Lipinski definition) is 3. The molecule has 4 nitrogen and oxygen atoms in total. The number of anilines is 1. The Kier molecular flexibility index (Phi) is 6.99. The molecule has 1 aromatic heterocycles. The SMILES string of the molecule is O=C(C#Cc1ccc(-c2ccc(Cl)cc2)cn1)Nc1ccc(CN2CCCCC2)cc1. The third-order valence-corrected chi connectivity index (χ3v) is 5.56. The van der Waals surface area contributed by atoms with Gasteiger partial charge in [-0.3, -0.25) is 9.69 Å². The molecule has 2 heterocycles. The first kappa shape index (κ1) is 21.1. The van der Waals surface area contributed by atoms with E-state index in [4.69, 9.17) is 11.6 Å². The van der Waals surface area contributed by atoms with Gasteiger partial charge in [0.25, 0.3) is 0 Å². The van der Waals surface area contributed by atoms with Crippen LogP contribution >= 0.6 is 11.6 Å². The molecule has 2 aromatic carbocycles. The van der Waals surface area contributed by atoms with Crippen molar-refractivity contribution in [1.82, 2.24) is 9.88 Å². The molecule has 0 spiro atoms. The first-order valence-corrected chi connectivity index (χ1v) is 10.9. The van der Waals surface area contributed by atoms with E-state index in [-0.39, 0.29) is 5.91 Å². The van der Waals surface area contributed by atoms with Crippen molar-refractivity contribution in [2.45, 2.75) is 25.8 Å². The predicted octanol–water partition coefficient (Wildman–Crippen LogP) is 5.38. The Morgan fingerprint density at radius 3 is 2.32 bits per heavy atom. The molecule has 1 N–H and O–H groups in total. The quantitative estimate of drug-likeness (QED) is 0.566. The molecule has 0 radical (unpaired) electrons. The van der Waals surface area contributed by atoms with Gasteiger partial charge in [-0.05, 0) is 73.3 Å². The standard InChI is InChI=1S/C26H24ClN3O/c27-23-9-6-21(7-10-23)22-8-13-24(28-18-22)14-15-26(31)29-25-11-4-20(5-12-25)19-30-16-2-1-3-17-30/h4-13,18H,1-3,16-17,19H2,(H,29,31). The van der Waals surface area contributed by atoms with Gasteiger partial charge < -0.3 is 5.32 Å². The van der Waals surface area contributed by atoms with Crippen LogP contribution in [-0.4, -0.2) is 28.9 Å². The maximum Gasteiger partial charge on any atom is 0.300 e. The normalized spacial score (nSPS) is 13.8. The Bertz CT molecular complexity index is 1070. The van der Waals surface area contributed by atoms with E-state index in [1.54, 1.807) is 12.3 Å². The number of nitrogens with one attached hydrogen (secondary N) is 1. The van der Waals surface area contributed by atoms with Crippen molar-refractivity contribution in [3.8, 4) is 23.0 Å². The van der Waals surface area contributed by atoms with Gasteiger partial charge in [0.1, 0.15) is 5.69 Å². The molecule has 0 atom stereocenters. The van der Waals surface area contributed by atoms with Crippen LogP contribution < -0.4 is 5.32 Å². The molecule has 0 bridgehead atoms. The van der Waals surface area contributed by atoms with Crippen LogP contribution in [0.25, 0.3) is 11.1 Å². The maximum absolute atomic E-state index is 12.2. The summed E-state index contributed by atoms with van der Waals surface area (Å²) < 4.78 is 0. The third kappa shape index (κ3) is 6.18. The van der Waals surface area contributed by atoms with E-state index in [0.717, 1.165) is 23.4 Å². The molecule has 3 aromatic rings. The minimum Gasteiger partial charge on any atom is -0.315 e. The fraction of sp³-hybridized carbons (Fsp3) is 0.231. The first-order chi connectivity index (χ1) is 15.2. The van der Waals surface area contributed by atoms with Gasteiger partial charge in [0.2, 0.25) is 0 Å². The number of nitrogens with zero attached hydrogens (tertiary/aromatic N) is 2. The van der Waals surface area contributed by atoms with Gasteiger partial charge in [-0.25, -0.2) is 4.98 Å². The smallest absolute Gasteiger partial charge is 0.300 e. The van der Waals surface area contributed by atoms with Crippen LogP contribution in [0, 0.1) is 11.8 Å². The number of piperidine rings is 1. The number of pyridine rings is 1. The molecule has 1 aliphatic rings. The Hall–Kier alpha value is -3.13. The second-order valence-electron chi connectivity index (χ2n) is 7.68. The molecule has 156 valence electrons. The van der Waals surface area contributed by atoms with Gasteiger partial charge in [0.15, 0.2) is 0 Å². The van der Waals surface area contributed by atoms with Gasteiger partial charge >= 0.3 is 5.91 Å². The van der Waals surface area contributed by atoms with Crippen molar-refractivity contribution >= 4 is 23.2 Å². The van der Waals surface area contributed by atoms with E-state index in [0.29, 0.717) is 10.7 Å². The van der Waals surface area contributed by atoms with E-state index >= 15 is 0 Å². The molecule has 1 fully saturated rings. The van der Waals surface area contributed by atoms with Crippen LogP contribution in [0.3, 0.4) is 0 Å². The predicted molar refractivity (Wildman–Crippen MR) is 126 cm³/mol. The molecule has 1 saturated heterocycles. The summed E-state index contributed by atoms with van der Waals surface area (Å²) in [5.74, 6) is 5.07. The fourth-order valence-electron chi connectivity index (χ4n) is 3.63. The second-order valence-corrected chi connectivity index (χ2v) is 8.11.